The summed E-state index contributed by atoms with van der Waals surface area (Å²) < 4.78 is 1.29. The van der Waals surface area contributed by atoms with Crippen molar-refractivity contribution < 1.29 is 0 Å². The second kappa shape index (κ2) is 7.19. The van der Waals surface area contributed by atoms with Gasteiger partial charge in [-0.1, -0.05) is 24.3 Å². The van der Waals surface area contributed by atoms with Gasteiger partial charge in [-0.3, -0.25) is 10.1 Å². The third-order valence-electron chi connectivity index (χ3n) is 5.06. The van der Waals surface area contributed by atoms with Crippen LogP contribution in [0.15, 0.2) is 67.0 Å². The van der Waals surface area contributed by atoms with E-state index in [0.29, 0.717) is 6.54 Å². The highest BCUT2D eigenvalue weighted by Crippen LogP contribution is 2.39. The molecule has 3 heterocycles. The normalized spacial score (nSPS) is 11.5. The number of nitrogens with one attached hydrogen (secondary N) is 1. The number of nitrogens with zero attached hydrogens (tertiary/aromatic N) is 2. The molecule has 5 aromatic rings. The van der Waals surface area contributed by atoms with Gasteiger partial charge in [-0.2, -0.15) is 5.10 Å². The van der Waals surface area contributed by atoms with E-state index in [-0.39, 0.29) is 0 Å². The van der Waals surface area contributed by atoms with Crippen molar-refractivity contribution in [2.75, 3.05) is 6.54 Å². The van der Waals surface area contributed by atoms with Gasteiger partial charge in [0.1, 0.15) is 0 Å². The lowest BCUT2D eigenvalue weighted by Crippen LogP contribution is -2.02. The Labute approximate surface area is 167 Å². The van der Waals surface area contributed by atoms with Crippen molar-refractivity contribution in [3.63, 3.8) is 0 Å². The Balaban J connectivity index is 1.70. The second-order valence-corrected chi connectivity index (χ2v) is 7.98. The molecule has 0 saturated heterocycles. The molecule has 2 aromatic carbocycles. The Morgan fingerprint density at radius 1 is 0.964 bits per heavy atom. The fourth-order valence-electron chi connectivity index (χ4n) is 3.69. The van der Waals surface area contributed by atoms with Crippen LogP contribution in [0.2, 0.25) is 0 Å². The van der Waals surface area contributed by atoms with E-state index < -0.39 is 0 Å². The van der Waals surface area contributed by atoms with Crippen molar-refractivity contribution in [2.24, 2.45) is 5.73 Å². The zero-order valence-corrected chi connectivity index (χ0v) is 16.2. The van der Waals surface area contributed by atoms with Gasteiger partial charge in [-0.15, -0.1) is 11.3 Å². The second-order valence-electron chi connectivity index (χ2n) is 6.90. The molecule has 28 heavy (non-hydrogen) atoms. The highest BCUT2D eigenvalue weighted by atomic mass is 32.1. The number of aromatic nitrogens is 3. The Morgan fingerprint density at radius 2 is 1.89 bits per heavy atom. The SMILES string of the molecule is NCCCc1ncccc1-c1cc(-c2cc3ccccc3s2)c2[nH]ncc2c1. The minimum Gasteiger partial charge on any atom is -0.330 e. The Hall–Kier alpha value is -3.02. The molecule has 0 fully saturated rings. The van der Waals surface area contributed by atoms with E-state index in [1.807, 2.05) is 29.8 Å². The number of aryl methyl sites for hydroxylation is 1. The van der Waals surface area contributed by atoms with Gasteiger partial charge >= 0.3 is 0 Å². The van der Waals surface area contributed by atoms with Crippen LogP contribution in [0.1, 0.15) is 12.1 Å². The Morgan fingerprint density at radius 3 is 2.79 bits per heavy atom. The van der Waals surface area contributed by atoms with E-state index >= 15 is 0 Å². The number of nitrogens with two attached hydrogens (primary N) is 1. The van der Waals surface area contributed by atoms with Crippen LogP contribution in [0.25, 0.3) is 42.6 Å². The number of fused-ring (bicyclic) bond motifs is 2. The summed E-state index contributed by atoms with van der Waals surface area (Å²) in [6, 6.07) is 19.4. The summed E-state index contributed by atoms with van der Waals surface area (Å²) in [7, 11) is 0. The number of benzene rings is 2. The minimum atomic E-state index is 0.670. The zero-order valence-electron chi connectivity index (χ0n) is 15.4. The maximum Gasteiger partial charge on any atom is 0.0737 e. The van der Waals surface area contributed by atoms with E-state index in [1.165, 1.54) is 31.7 Å². The van der Waals surface area contributed by atoms with Gasteiger partial charge in [0, 0.05) is 38.0 Å². The van der Waals surface area contributed by atoms with Crippen molar-refractivity contribution in [3.05, 3.63) is 72.7 Å². The van der Waals surface area contributed by atoms with Crippen molar-refractivity contribution in [1.82, 2.24) is 15.2 Å². The predicted molar refractivity (Wildman–Crippen MR) is 118 cm³/mol. The van der Waals surface area contributed by atoms with E-state index in [1.54, 1.807) is 0 Å². The van der Waals surface area contributed by atoms with E-state index in [0.717, 1.165) is 29.4 Å². The molecule has 0 saturated carbocycles. The van der Waals surface area contributed by atoms with E-state index in [9.17, 15) is 0 Å². The number of aromatic amines is 1. The lowest BCUT2D eigenvalue weighted by atomic mass is 9.97. The summed E-state index contributed by atoms with van der Waals surface area (Å²) in [5.41, 5.74) is 11.4. The number of hydrogen-bond acceptors (Lipinski definition) is 4. The maximum atomic E-state index is 5.72. The van der Waals surface area contributed by atoms with Gasteiger partial charge in [-0.25, -0.2) is 0 Å². The molecular formula is C23H20N4S. The highest BCUT2D eigenvalue weighted by Gasteiger charge is 2.14. The molecular weight excluding hydrogens is 364 g/mol. The van der Waals surface area contributed by atoms with Crippen molar-refractivity contribution >= 4 is 32.3 Å². The van der Waals surface area contributed by atoms with Crippen LogP contribution in [0.4, 0.5) is 0 Å². The summed E-state index contributed by atoms with van der Waals surface area (Å²) in [4.78, 5) is 5.86. The lowest BCUT2D eigenvalue weighted by Gasteiger charge is -2.10. The summed E-state index contributed by atoms with van der Waals surface area (Å²) in [6.45, 7) is 0.670. The predicted octanol–water partition coefficient (Wildman–Crippen LogP) is 5.40. The molecule has 0 aliphatic carbocycles. The van der Waals surface area contributed by atoms with Crippen LogP contribution in [0.5, 0.6) is 0 Å². The average Bonchev–Trinajstić information content (AvgIpc) is 3.38. The van der Waals surface area contributed by atoms with Crippen LogP contribution >= 0.6 is 11.3 Å². The first kappa shape index (κ1) is 17.1. The molecule has 4 nitrogen and oxygen atoms in total. The Kier molecular flexibility index (Phi) is 4.39. The number of thiophene rings is 1. The summed E-state index contributed by atoms with van der Waals surface area (Å²) in [5.74, 6) is 0. The third kappa shape index (κ3) is 2.99. The molecule has 0 spiro atoms. The summed E-state index contributed by atoms with van der Waals surface area (Å²) in [6.07, 6.45) is 5.57. The lowest BCUT2D eigenvalue weighted by molar-refractivity contribution is 0.812. The molecule has 0 unspecified atom stereocenters. The van der Waals surface area contributed by atoms with Gasteiger partial charge < -0.3 is 5.73 Å². The molecule has 5 heteroatoms. The molecule has 0 radical (unpaired) electrons. The van der Waals surface area contributed by atoms with Crippen LogP contribution in [0, 0.1) is 0 Å². The molecule has 5 rings (SSSR count). The largest absolute Gasteiger partial charge is 0.330 e. The van der Waals surface area contributed by atoms with E-state index in [2.05, 4.69) is 63.7 Å². The number of hydrogen-bond donors (Lipinski definition) is 2. The van der Waals surface area contributed by atoms with Crippen LogP contribution in [0.3, 0.4) is 0 Å². The van der Waals surface area contributed by atoms with Gasteiger partial charge in [-0.05, 0) is 60.7 Å². The minimum absolute atomic E-state index is 0.670. The van der Waals surface area contributed by atoms with Crippen molar-refractivity contribution in [2.45, 2.75) is 12.8 Å². The Bertz CT molecular complexity index is 1240. The van der Waals surface area contributed by atoms with Crippen molar-refractivity contribution in [1.29, 1.82) is 0 Å². The average molecular weight is 385 g/mol. The molecule has 0 atom stereocenters. The molecule has 138 valence electrons. The molecule has 0 aliphatic heterocycles. The monoisotopic (exact) mass is 384 g/mol. The van der Waals surface area contributed by atoms with Gasteiger partial charge in [0.05, 0.1) is 11.7 Å². The van der Waals surface area contributed by atoms with Crippen molar-refractivity contribution in [3.8, 4) is 21.6 Å². The number of pyridine rings is 1. The fraction of sp³-hybridized carbons (Fsp3) is 0.130. The van der Waals surface area contributed by atoms with Crippen LogP contribution in [-0.2, 0) is 6.42 Å². The maximum absolute atomic E-state index is 5.72. The molecule has 0 bridgehead atoms. The molecule has 3 aromatic heterocycles. The summed E-state index contributed by atoms with van der Waals surface area (Å²) in [5, 5.41) is 9.86. The first-order valence-corrected chi connectivity index (χ1v) is 10.3. The first-order chi connectivity index (χ1) is 13.8. The standard InChI is InChI=1S/C23H20N4S/c24-9-3-7-20-18(6-4-10-25-20)16-11-17-14-26-27-23(17)19(12-16)22-13-15-5-1-2-8-21(15)28-22/h1-2,4-6,8,10-14H,3,7,9,24H2,(H,26,27). The summed E-state index contributed by atoms with van der Waals surface area (Å²) >= 11 is 1.81. The zero-order chi connectivity index (χ0) is 18.9. The quantitative estimate of drug-likeness (QED) is 0.426. The first-order valence-electron chi connectivity index (χ1n) is 9.44. The molecule has 0 aliphatic rings. The van der Waals surface area contributed by atoms with Crippen LogP contribution < -0.4 is 5.73 Å². The van der Waals surface area contributed by atoms with Gasteiger partial charge in [0.2, 0.25) is 0 Å². The topological polar surface area (TPSA) is 67.6 Å². The fourth-order valence-corrected chi connectivity index (χ4v) is 4.78. The highest BCUT2D eigenvalue weighted by molar-refractivity contribution is 7.22. The molecule has 3 N–H and O–H groups in total. The van der Waals surface area contributed by atoms with Gasteiger partial charge in [0.25, 0.3) is 0 Å². The smallest absolute Gasteiger partial charge is 0.0737 e. The molecule has 0 amide bonds. The van der Waals surface area contributed by atoms with E-state index in [4.69, 9.17) is 5.73 Å². The number of H-pyrrole nitrogens is 1. The number of rotatable bonds is 5. The van der Waals surface area contributed by atoms with Crippen LogP contribution in [-0.4, -0.2) is 21.7 Å². The third-order valence-corrected chi connectivity index (χ3v) is 6.21. The van der Waals surface area contributed by atoms with Gasteiger partial charge in [0.15, 0.2) is 0 Å².